The van der Waals surface area contributed by atoms with Gasteiger partial charge in [-0.05, 0) is 18.9 Å². The predicted molar refractivity (Wildman–Crippen MR) is 38.8 cm³/mol. The van der Waals surface area contributed by atoms with Crippen molar-refractivity contribution in [3.05, 3.63) is 11.1 Å². The first-order valence-electron chi connectivity index (χ1n) is 3.55. The molecule has 0 aromatic heterocycles. The summed E-state index contributed by atoms with van der Waals surface area (Å²) in [6.07, 6.45) is 0.939. The van der Waals surface area contributed by atoms with E-state index in [0.717, 1.165) is 12.0 Å². The molecule has 0 unspecified atom stereocenters. The van der Waals surface area contributed by atoms with Crippen molar-refractivity contribution in [1.82, 2.24) is 0 Å². The van der Waals surface area contributed by atoms with Crippen LogP contribution in [0.5, 0.6) is 0 Å². The predicted octanol–water partition coefficient (Wildman–Crippen LogP) is 1.31. The van der Waals surface area contributed by atoms with Crippen molar-refractivity contribution in [2.45, 2.75) is 20.3 Å². The second-order valence-corrected chi connectivity index (χ2v) is 2.48. The van der Waals surface area contributed by atoms with Crippen LogP contribution in [0.1, 0.15) is 20.3 Å². The van der Waals surface area contributed by atoms with Crippen LogP contribution in [0.3, 0.4) is 0 Å². The van der Waals surface area contributed by atoms with Gasteiger partial charge in [-0.3, -0.25) is 4.79 Å². The number of hydrogen-bond acceptors (Lipinski definition) is 2. The third kappa shape index (κ3) is 1.27. The summed E-state index contributed by atoms with van der Waals surface area (Å²) < 4.78 is 5.13. The van der Waals surface area contributed by atoms with Gasteiger partial charge in [-0.15, -0.1) is 0 Å². The molecule has 0 atom stereocenters. The van der Waals surface area contributed by atoms with Crippen molar-refractivity contribution in [3.63, 3.8) is 0 Å². The number of rotatable bonds is 2. The molecule has 0 aromatic carbocycles. The smallest absolute Gasteiger partial charge is 0.158 e. The van der Waals surface area contributed by atoms with Crippen LogP contribution in [0.15, 0.2) is 11.1 Å². The van der Waals surface area contributed by atoms with Crippen molar-refractivity contribution < 1.29 is 9.53 Å². The van der Waals surface area contributed by atoms with E-state index in [-0.39, 0.29) is 5.78 Å². The van der Waals surface area contributed by atoms with E-state index in [1.165, 1.54) is 5.57 Å². The standard InChI is InChI=1S/C8H12O2/c1-3-7-4-10-5-8(7)6(2)9/h3-5H2,1-2H3. The highest BCUT2D eigenvalue weighted by Crippen LogP contribution is 2.17. The summed E-state index contributed by atoms with van der Waals surface area (Å²) in [5, 5.41) is 0. The van der Waals surface area contributed by atoms with Gasteiger partial charge in [-0.2, -0.15) is 0 Å². The van der Waals surface area contributed by atoms with Crippen LogP contribution < -0.4 is 0 Å². The molecule has 0 amide bonds. The molecule has 2 heteroatoms. The van der Waals surface area contributed by atoms with E-state index in [4.69, 9.17) is 4.74 Å². The summed E-state index contributed by atoms with van der Waals surface area (Å²) in [7, 11) is 0. The average Bonchev–Trinajstić information content (AvgIpc) is 2.33. The lowest BCUT2D eigenvalue weighted by atomic mass is 10.1. The van der Waals surface area contributed by atoms with Gasteiger partial charge in [0.1, 0.15) is 0 Å². The van der Waals surface area contributed by atoms with Crippen molar-refractivity contribution >= 4 is 5.78 Å². The highest BCUT2D eigenvalue weighted by atomic mass is 16.5. The minimum absolute atomic E-state index is 0.161. The summed E-state index contributed by atoms with van der Waals surface area (Å²) in [5.41, 5.74) is 2.06. The van der Waals surface area contributed by atoms with Crippen LogP contribution in [-0.2, 0) is 9.53 Å². The number of hydrogen-bond donors (Lipinski definition) is 0. The molecule has 0 spiro atoms. The van der Waals surface area contributed by atoms with Gasteiger partial charge in [0.2, 0.25) is 0 Å². The Labute approximate surface area is 60.9 Å². The van der Waals surface area contributed by atoms with Gasteiger partial charge in [-0.25, -0.2) is 0 Å². The molecule has 0 N–H and O–H groups in total. The Morgan fingerprint density at radius 1 is 1.60 bits per heavy atom. The molecule has 1 rings (SSSR count). The molecule has 2 nitrogen and oxygen atoms in total. The number of carbonyl (C=O) groups excluding carboxylic acids is 1. The first-order valence-corrected chi connectivity index (χ1v) is 3.55. The Bertz CT molecular complexity index is 180. The maximum atomic E-state index is 10.9. The van der Waals surface area contributed by atoms with Crippen LogP contribution in [-0.4, -0.2) is 19.0 Å². The zero-order chi connectivity index (χ0) is 7.56. The average molecular weight is 140 g/mol. The summed E-state index contributed by atoms with van der Waals surface area (Å²) in [6, 6.07) is 0. The number of ketones is 1. The lowest BCUT2D eigenvalue weighted by Gasteiger charge is -1.95. The summed E-state index contributed by atoms with van der Waals surface area (Å²) in [6.45, 7) is 4.83. The van der Waals surface area contributed by atoms with Gasteiger partial charge in [0.05, 0.1) is 13.2 Å². The minimum atomic E-state index is 0.161. The van der Waals surface area contributed by atoms with E-state index in [9.17, 15) is 4.79 Å². The first kappa shape index (κ1) is 7.48. The van der Waals surface area contributed by atoms with E-state index in [0.29, 0.717) is 13.2 Å². The third-order valence-electron chi connectivity index (χ3n) is 1.80. The zero-order valence-corrected chi connectivity index (χ0v) is 6.44. The Balaban J connectivity index is 2.78. The molecule has 0 saturated heterocycles. The van der Waals surface area contributed by atoms with E-state index in [2.05, 4.69) is 0 Å². The Hall–Kier alpha value is -0.630. The maximum Gasteiger partial charge on any atom is 0.158 e. The number of Topliss-reactive ketones (excluding diaryl/α,β-unsaturated/α-hetero) is 1. The third-order valence-corrected chi connectivity index (χ3v) is 1.80. The Kier molecular flexibility index (Phi) is 2.22. The number of carbonyl (C=O) groups is 1. The monoisotopic (exact) mass is 140 g/mol. The van der Waals surface area contributed by atoms with Gasteiger partial charge in [-0.1, -0.05) is 6.92 Å². The van der Waals surface area contributed by atoms with Gasteiger partial charge >= 0.3 is 0 Å². The normalized spacial score (nSPS) is 18.2. The quantitative estimate of drug-likeness (QED) is 0.578. The van der Waals surface area contributed by atoms with E-state index in [1.807, 2.05) is 6.92 Å². The summed E-state index contributed by atoms with van der Waals surface area (Å²) >= 11 is 0. The van der Waals surface area contributed by atoms with Crippen molar-refractivity contribution in [2.24, 2.45) is 0 Å². The van der Waals surface area contributed by atoms with Gasteiger partial charge < -0.3 is 4.74 Å². The van der Waals surface area contributed by atoms with Gasteiger partial charge in [0.25, 0.3) is 0 Å². The Morgan fingerprint density at radius 3 is 2.70 bits per heavy atom. The molecule has 0 bridgehead atoms. The lowest BCUT2D eigenvalue weighted by molar-refractivity contribution is -0.113. The molecule has 0 radical (unpaired) electrons. The molecule has 0 aliphatic carbocycles. The van der Waals surface area contributed by atoms with Crippen LogP contribution in [0, 0.1) is 0 Å². The van der Waals surface area contributed by atoms with E-state index < -0.39 is 0 Å². The highest BCUT2D eigenvalue weighted by molar-refractivity contribution is 5.94. The largest absolute Gasteiger partial charge is 0.372 e. The van der Waals surface area contributed by atoms with E-state index >= 15 is 0 Å². The molecule has 56 valence electrons. The zero-order valence-electron chi connectivity index (χ0n) is 6.44. The highest BCUT2D eigenvalue weighted by Gasteiger charge is 2.16. The molecule has 10 heavy (non-hydrogen) atoms. The summed E-state index contributed by atoms with van der Waals surface area (Å²) in [4.78, 5) is 10.9. The molecular weight excluding hydrogens is 128 g/mol. The maximum absolute atomic E-state index is 10.9. The van der Waals surface area contributed by atoms with Crippen molar-refractivity contribution in [2.75, 3.05) is 13.2 Å². The minimum Gasteiger partial charge on any atom is -0.372 e. The molecule has 0 fully saturated rings. The first-order chi connectivity index (χ1) is 4.75. The molecule has 0 saturated carbocycles. The van der Waals surface area contributed by atoms with Crippen molar-refractivity contribution in [3.8, 4) is 0 Å². The topological polar surface area (TPSA) is 26.3 Å². The molecule has 1 aliphatic rings. The van der Waals surface area contributed by atoms with Gasteiger partial charge in [0.15, 0.2) is 5.78 Å². The fourth-order valence-corrected chi connectivity index (χ4v) is 1.13. The molecule has 1 heterocycles. The summed E-state index contributed by atoms with van der Waals surface area (Å²) in [5.74, 6) is 0.161. The van der Waals surface area contributed by atoms with E-state index in [1.54, 1.807) is 6.92 Å². The molecular formula is C8H12O2. The fraction of sp³-hybridized carbons (Fsp3) is 0.625. The van der Waals surface area contributed by atoms with Gasteiger partial charge in [0, 0.05) is 5.57 Å². The second-order valence-electron chi connectivity index (χ2n) is 2.48. The SMILES string of the molecule is CCC1=C(C(C)=O)COC1. The lowest BCUT2D eigenvalue weighted by Crippen LogP contribution is -1.99. The van der Waals surface area contributed by atoms with Crippen LogP contribution in [0.25, 0.3) is 0 Å². The number of ether oxygens (including phenoxy) is 1. The van der Waals surface area contributed by atoms with Crippen LogP contribution >= 0.6 is 0 Å². The van der Waals surface area contributed by atoms with Crippen LogP contribution in [0.4, 0.5) is 0 Å². The fourth-order valence-electron chi connectivity index (χ4n) is 1.13. The molecule has 1 aliphatic heterocycles. The second kappa shape index (κ2) is 2.97. The Morgan fingerprint density at radius 2 is 2.30 bits per heavy atom. The van der Waals surface area contributed by atoms with Crippen LogP contribution in [0.2, 0.25) is 0 Å². The molecule has 0 aromatic rings. The van der Waals surface area contributed by atoms with Crippen molar-refractivity contribution in [1.29, 1.82) is 0 Å².